The van der Waals surface area contributed by atoms with E-state index in [1.807, 2.05) is 36.4 Å². The van der Waals surface area contributed by atoms with Crippen LogP contribution in [0.2, 0.25) is 5.02 Å². The van der Waals surface area contributed by atoms with Crippen LogP contribution in [-0.4, -0.2) is 32.7 Å². The number of benzene rings is 3. The van der Waals surface area contributed by atoms with Gasteiger partial charge in [0.1, 0.15) is 0 Å². The minimum Gasteiger partial charge on any atom is -0.449 e. The lowest BCUT2D eigenvalue weighted by molar-refractivity contribution is -0.123. The lowest BCUT2D eigenvalue weighted by atomic mass is 10.1. The highest BCUT2D eigenvalue weighted by atomic mass is 35.5. The van der Waals surface area contributed by atoms with Gasteiger partial charge in [0, 0.05) is 17.3 Å². The molecule has 29 heavy (non-hydrogen) atoms. The summed E-state index contributed by atoms with van der Waals surface area (Å²) in [5, 5.41) is 4.59. The zero-order chi connectivity index (χ0) is 21.2. The molecule has 0 bridgehead atoms. The van der Waals surface area contributed by atoms with Crippen molar-refractivity contribution in [3.05, 3.63) is 71.2 Å². The van der Waals surface area contributed by atoms with Crippen LogP contribution in [0, 0.1) is 0 Å². The molecule has 0 fully saturated rings. The van der Waals surface area contributed by atoms with E-state index in [4.69, 9.17) is 16.3 Å². The molecule has 3 rings (SSSR count). The van der Waals surface area contributed by atoms with Crippen molar-refractivity contribution in [3.63, 3.8) is 0 Å². The predicted molar refractivity (Wildman–Crippen MR) is 112 cm³/mol. The molecule has 0 aromatic heterocycles. The maximum Gasteiger partial charge on any atom is 0.340 e. The molecule has 0 aliphatic heterocycles. The van der Waals surface area contributed by atoms with Crippen molar-refractivity contribution >= 4 is 49.8 Å². The van der Waals surface area contributed by atoms with Crippen LogP contribution in [0.25, 0.3) is 10.8 Å². The van der Waals surface area contributed by atoms with Gasteiger partial charge in [-0.25, -0.2) is 13.2 Å². The standard InChI is InChI=1S/C21H18ClNO5S/c1-13(20(24)23-19-9-5-7-14-6-3-4-8-16(14)19)28-21(25)17-12-15(29(2,26)27)10-11-18(17)22/h3-13H,1-2H3,(H,23,24). The van der Waals surface area contributed by atoms with E-state index in [0.717, 1.165) is 23.1 Å². The maximum atomic E-state index is 12.5. The summed E-state index contributed by atoms with van der Waals surface area (Å²) in [5.74, 6) is -1.41. The summed E-state index contributed by atoms with van der Waals surface area (Å²) in [6.45, 7) is 1.42. The lowest BCUT2D eigenvalue weighted by Gasteiger charge is -2.15. The minimum atomic E-state index is -3.53. The van der Waals surface area contributed by atoms with Crippen molar-refractivity contribution in [1.82, 2.24) is 0 Å². The van der Waals surface area contributed by atoms with Gasteiger partial charge in [-0.05, 0) is 36.6 Å². The van der Waals surface area contributed by atoms with Crippen molar-refractivity contribution in [3.8, 4) is 0 Å². The summed E-state index contributed by atoms with van der Waals surface area (Å²) in [5.41, 5.74) is 0.465. The smallest absolute Gasteiger partial charge is 0.340 e. The largest absolute Gasteiger partial charge is 0.449 e. The number of anilines is 1. The molecule has 0 saturated carbocycles. The Bertz CT molecular complexity index is 1200. The molecule has 1 atom stereocenters. The number of carbonyl (C=O) groups excluding carboxylic acids is 2. The van der Waals surface area contributed by atoms with Gasteiger partial charge in [-0.2, -0.15) is 0 Å². The van der Waals surface area contributed by atoms with Gasteiger partial charge in [-0.1, -0.05) is 48.0 Å². The quantitative estimate of drug-likeness (QED) is 0.615. The summed E-state index contributed by atoms with van der Waals surface area (Å²) in [7, 11) is -3.53. The second-order valence-electron chi connectivity index (χ2n) is 6.48. The molecule has 6 nitrogen and oxygen atoms in total. The summed E-state index contributed by atoms with van der Waals surface area (Å²) in [6.07, 6.45) is -0.106. The van der Waals surface area contributed by atoms with E-state index in [9.17, 15) is 18.0 Å². The fourth-order valence-corrected chi connectivity index (χ4v) is 3.58. The number of sulfone groups is 1. The zero-order valence-corrected chi connectivity index (χ0v) is 17.3. The molecule has 0 radical (unpaired) electrons. The molecule has 1 amide bonds. The average molecular weight is 432 g/mol. The van der Waals surface area contributed by atoms with Gasteiger partial charge in [0.05, 0.1) is 15.5 Å². The van der Waals surface area contributed by atoms with Crippen molar-refractivity contribution in [2.45, 2.75) is 17.9 Å². The number of fused-ring (bicyclic) bond motifs is 1. The van der Waals surface area contributed by atoms with Crippen molar-refractivity contribution in [2.75, 3.05) is 11.6 Å². The normalized spacial score (nSPS) is 12.4. The molecule has 0 aliphatic rings. The van der Waals surface area contributed by atoms with E-state index in [2.05, 4.69) is 5.32 Å². The molecule has 1 unspecified atom stereocenters. The van der Waals surface area contributed by atoms with E-state index in [0.29, 0.717) is 5.69 Å². The fraction of sp³-hybridized carbons (Fsp3) is 0.143. The van der Waals surface area contributed by atoms with Crippen molar-refractivity contribution < 1.29 is 22.7 Å². The van der Waals surface area contributed by atoms with Crippen LogP contribution in [0.1, 0.15) is 17.3 Å². The highest BCUT2D eigenvalue weighted by Gasteiger charge is 2.22. The Morgan fingerprint density at radius 1 is 1.03 bits per heavy atom. The Morgan fingerprint density at radius 2 is 1.72 bits per heavy atom. The molecule has 0 spiro atoms. The molecule has 3 aromatic carbocycles. The summed E-state index contributed by atoms with van der Waals surface area (Å²) in [6, 6.07) is 16.8. The number of rotatable bonds is 5. The average Bonchev–Trinajstić information content (AvgIpc) is 2.67. The maximum absolute atomic E-state index is 12.5. The van der Waals surface area contributed by atoms with Crippen LogP contribution in [0.3, 0.4) is 0 Å². The van der Waals surface area contributed by atoms with E-state index < -0.39 is 27.8 Å². The monoisotopic (exact) mass is 431 g/mol. The number of carbonyl (C=O) groups is 2. The van der Waals surface area contributed by atoms with Gasteiger partial charge < -0.3 is 10.1 Å². The molecule has 0 heterocycles. The molecule has 0 saturated heterocycles. The van der Waals surface area contributed by atoms with Crippen LogP contribution in [0.5, 0.6) is 0 Å². The number of hydrogen-bond donors (Lipinski definition) is 1. The fourth-order valence-electron chi connectivity index (χ4n) is 2.74. The van der Waals surface area contributed by atoms with Crippen LogP contribution in [-0.2, 0) is 19.4 Å². The number of esters is 1. The van der Waals surface area contributed by atoms with Crippen molar-refractivity contribution in [1.29, 1.82) is 0 Å². The third kappa shape index (κ3) is 4.75. The molecular weight excluding hydrogens is 414 g/mol. The topological polar surface area (TPSA) is 89.5 Å². The van der Waals surface area contributed by atoms with Crippen LogP contribution in [0.4, 0.5) is 5.69 Å². The molecule has 8 heteroatoms. The molecule has 150 valence electrons. The number of ether oxygens (including phenoxy) is 1. The number of amides is 1. The number of halogens is 1. The van der Waals surface area contributed by atoms with Crippen molar-refractivity contribution in [2.24, 2.45) is 0 Å². The van der Waals surface area contributed by atoms with E-state index in [-0.39, 0.29) is 15.5 Å². The van der Waals surface area contributed by atoms with Gasteiger partial charge >= 0.3 is 5.97 Å². The molecule has 1 N–H and O–H groups in total. The zero-order valence-electron chi connectivity index (χ0n) is 15.7. The predicted octanol–water partition coefficient (Wildman–Crippen LogP) is 4.08. The highest BCUT2D eigenvalue weighted by Crippen LogP contribution is 2.24. The van der Waals surface area contributed by atoms with Gasteiger partial charge in [0.15, 0.2) is 15.9 Å². The van der Waals surface area contributed by atoms with Gasteiger partial charge in [0.25, 0.3) is 5.91 Å². The Morgan fingerprint density at radius 3 is 2.45 bits per heavy atom. The first-order chi connectivity index (χ1) is 13.7. The summed E-state index contributed by atoms with van der Waals surface area (Å²) in [4.78, 5) is 24.9. The van der Waals surface area contributed by atoms with Crippen LogP contribution in [0.15, 0.2) is 65.6 Å². The Hall–Kier alpha value is -2.90. The van der Waals surface area contributed by atoms with E-state index in [1.54, 1.807) is 6.07 Å². The summed E-state index contributed by atoms with van der Waals surface area (Å²) >= 11 is 6.00. The second-order valence-corrected chi connectivity index (χ2v) is 8.90. The van der Waals surface area contributed by atoms with Gasteiger partial charge in [0.2, 0.25) is 0 Å². The third-order valence-electron chi connectivity index (χ3n) is 4.29. The highest BCUT2D eigenvalue weighted by molar-refractivity contribution is 7.90. The van der Waals surface area contributed by atoms with Crippen LogP contribution < -0.4 is 5.32 Å². The van der Waals surface area contributed by atoms with Gasteiger partial charge in [-0.15, -0.1) is 0 Å². The molecule has 3 aromatic rings. The number of hydrogen-bond acceptors (Lipinski definition) is 5. The minimum absolute atomic E-state index is 0.0315. The molecular formula is C21H18ClNO5S. The lowest BCUT2D eigenvalue weighted by Crippen LogP contribution is -2.30. The first-order valence-electron chi connectivity index (χ1n) is 8.66. The third-order valence-corrected chi connectivity index (χ3v) is 5.73. The summed E-state index contributed by atoms with van der Waals surface area (Å²) < 4.78 is 28.6. The Kier molecular flexibility index (Phi) is 5.91. The number of nitrogens with one attached hydrogen (secondary N) is 1. The van der Waals surface area contributed by atoms with Gasteiger partial charge in [-0.3, -0.25) is 4.79 Å². The van der Waals surface area contributed by atoms with E-state index >= 15 is 0 Å². The Balaban J connectivity index is 1.77. The SMILES string of the molecule is CC(OC(=O)c1cc(S(C)(=O)=O)ccc1Cl)C(=O)Nc1cccc2ccccc12. The first-order valence-corrected chi connectivity index (χ1v) is 10.9. The van der Waals surface area contributed by atoms with E-state index in [1.165, 1.54) is 19.1 Å². The second kappa shape index (κ2) is 8.23. The molecule has 0 aliphatic carbocycles. The van der Waals surface area contributed by atoms with Crippen LogP contribution >= 0.6 is 11.6 Å². The Labute approximate surface area is 173 Å². The first kappa shape index (κ1) is 20.8.